The van der Waals surface area contributed by atoms with Crippen molar-refractivity contribution in [1.29, 1.82) is 0 Å². The number of benzene rings is 4. The first kappa shape index (κ1) is 27.2. The van der Waals surface area contributed by atoms with E-state index >= 15 is 0 Å². The average Bonchev–Trinajstić information content (AvgIpc) is 2.90. The second-order valence-corrected chi connectivity index (χ2v) is 12.0. The number of hydrogen-bond acceptors (Lipinski definition) is 4. The van der Waals surface area contributed by atoms with Crippen molar-refractivity contribution in [3.8, 4) is 0 Å². The van der Waals surface area contributed by atoms with E-state index in [1.54, 1.807) is 6.07 Å². The number of rotatable bonds is 10. The summed E-state index contributed by atoms with van der Waals surface area (Å²) in [5, 5.41) is 3.16. The Morgan fingerprint density at radius 3 is 2.22 bits per heavy atom. The Morgan fingerprint density at radius 2 is 1.49 bits per heavy atom. The third-order valence-electron chi connectivity index (χ3n) is 5.46. The van der Waals surface area contributed by atoms with Crippen LogP contribution in [-0.4, -0.2) is 31.7 Å². The summed E-state index contributed by atoms with van der Waals surface area (Å²) < 4.78 is 28.4. The van der Waals surface area contributed by atoms with Gasteiger partial charge in [-0.3, -0.25) is 4.79 Å². The Kier molecular flexibility index (Phi) is 9.29. The summed E-state index contributed by atoms with van der Waals surface area (Å²) >= 11 is 13.8. The molecule has 190 valence electrons. The SMILES string of the molecule is O=C(CN(CCc1ccccc1)S(=O)(=O)c1cc(Cl)ccc1Cl)Nc1ccccc1Sc1ccccc1. The van der Waals surface area contributed by atoms with Crippen LogP contribution in [0.5, 0.6) is 0 Å². The third-order valence-corrected chi connectivity index (χ3v) is 9.10. The lowest BCUT2D eigenvalue weighted by Crippen LogP contribution is -2.39. The van der Waals surface area contributed by atoms with Crippen LogP contribution < -0.4 is 5.32 Å². The standard InChI is InChI=1S/C28H24Cl2N2O3S2/c29-22-15-16-24(30)27(19-22)37(34,35)32(18-17-21-9-3-1-4-10-21)20-28(33)31-25-13-7-8-14-26(25)36-23-11-5-2-6-12-23/h1-16,19H,17-18,20H2,(H,31,33). The molecular formula is C28H24Cl2N2O3S2. The molecule has 0 aliphatic rings. The Balaban J connectivity index is 1.57. The zero-order valence-corrected chi connectivity index (χ0v) is 22.8. The second kappa shape index (κ2) is 12.6. The van der Waals surface area contributed by atoms with E-state index in [4.69, 9.17) is 23.2 Å². The molecule has 0 unspecified atom stereocenters. The quantitative estimate of drug-likeness (QED) is 0.222. The van der Waals surface area contributed by atoms with Crippen molar-refractivity contribution >= 4 is 56.6 Å². The molecule has 4 aromatic carbocycles. The average molecular weight is 572 g/mol. The van der Waals surface area contributed by atoms with Gasteiger partial charge in [-0.25, -0.2) is 8.42 Å². The first-order valence-corrected chi connectivity index (χ1v) is 14.4. The molecule has 0 aliphatic heterocycles. The molecule has 0 bridgehead atoms. The van der Waals surface area contributed by atoms with Gasteiger partial charge in [0.25, 0.3) is 0 Å². The highest BCUT2D eigenvalue weighted by atomic mass is 35.5. The highest BCUT2D eigenvalue weighted by molar-refractivity contribution is 7.99. The molecule has 0 aliphatic carbocycles. The number of hydrogen-bond donors (Lipinski definition) is 1. The van der Waals surface area contributed by atoms with Gasteiger partial charge in [-0.15, -0.1) is 0 Å². The first-order valence-electron chi connectivity index (χ1n) is 11.4. The predicted molar refractivity (Wildman–Crippen MR) is 151 cm³/mol. The number of nitrogens with one attached hydrogen (secondary N) is 1. The summed E-state index contributed by atoms with van der Waals surface area (Å²) in [6.45, 7) is -0.300. The van der Waals surface area contributed by atoms with Gasteiger partial charge in [-0.1, -0.05) is 95.6 Å². The van der Waals surface area contributed by atoms with Gasteiger partial charge in [0.1, 0.15) is 4.90 Å². The van der Waals surface area contributed by atoms with E-state index in [1.165, 1.54) is 30.0 Å². The Labute approximate surface area is 231 Å². The molecule has 4 aromatic rings. The van der Waals surface area contributed by atoms with Gasteiger partial charge < -0.3 is 5.32 Å². The molecule has 0 saturated carbocycles. The fraction of sp³-hybridized carbons (Fsp3) is 0.107. The van der Waals surface area contributed by atoms with Crippen molar-refractivity contribution in [3.05, 3.63) is 119 Å². The lowest BCUT2D eigenvalue weighted by molar-refractivity contribution is -0.116. The smallest absolute Gasteiger partial charge is 0.245 e. The highest BCUT2D eigenvalue weighted by Gasteiger charge is 2.29. The molecule has 5 nitrogen and oxygen atoms in total. The van der Waals surface area contributed by atoms with Crippen LogP contribution in [0.3, 0.4) is 0 Å². The van der Waals surface area contributed by atoms with E-state index in [0.29, 0.717) is 12.1 Å². The predicted octanol–water partition coefficient (Wildman–Crippen LogP) is 7.02. The maximum Gasteiger partial charge on any atom is 0.245 e. The number of amides is 1. The molecule has 0 aromatic heterocycles. The van der Waals surface area contributed by atoms with Gasteiger partial charge >= 0.3 is 0 Å². The molecule has 0 atom stereocenters. The van der Waals surface area contributed by atoms with Crippen molar-refractivity contribution < 1.29 is 13.2 Å². The van der Waals surface area contributed by atoms with Gasteiger partial charge in [-0.05, 0) is 54.4 Å². The minimum atomic E-state index is -4.12. The Hall–Kier alpha value is -2.81. The highest BCUT2D eigenvalue weighted by Crippen LogP contribution is 2.33. The van der Waals surface area contributed by atoms with E-state index < -0.39 is 15.9 Å². The van der Waals surface area contributed by atoms with Crippen molar-refractivity contribution in [3.63, 3.8) is 0 Å². The zero-order chi connectivity index (χ0) is 26.3. The molecule has 1 N–H and O–H groups in total. The van der Waals surface area contributed by atoms with Crippen LogP contribution in [0, 0.1) is 0 Å². The minimum Gasteiger partial charge on any atom is -0.324 e. The largest absolute Gasteiger partial charge is 0.324 e. The molecule has 0 heterocycles. The summed E-state index contributed by atoms with van der Waals surface area (Å²) in [6, 6.07) is 30.9. The number of nitrogens with zero attached hydrogens (tertiary/aromatic N) is 1. The summed E-state index contributed by atoms with van der Waals surface area (Å²) in [4.78, 5) is 14.9. The van der Waals surface area contributed by atoms with Gasteiger partial charge in [0.2, 0.25) is 15.9 Å². The molecule has 0 saturated heterocycles. The van der Waals surface area contributed by atoms with Crippen LogP contribution in [-0.2, 0) is 21.2 Å². The molecule has 37 heavy (non-hydrogen) atoms. The minimum absolute atomic E-state index is 0.0409. The summed E-state index contributed by atoms with van der Waals surface area (Å²) in [7, 11) is -4.12. The summed E-state index contributed by atoms with van der Waals surface area (Å²) in [5.41, 5.74) is 1.55. The number of carbonyl (C=O) groups is 1. The molecule has 1 amide bonds. The normalized spacial score (nSPS) is 11.4. The number of para-hydroxylation sites is 1. The molecule has 0 radical (unpaired) electrons. The van der Waals surface area contributed by atoms with E-state index in [9.17, 15) is 13.2 Å². The van der Waals surface area contributed by atoms with Crippen LogP contribution in [0.25, 0.3) is 0 Å². The number of anilines is 1. The first-order chi connectivity index (χ1) is 17.8. The molecule has 9 heteroatoms. The van der Waals surface area contributed by atoms with E-state index in [0.717, 1.165) is 19.7 Å². The topological polar surface area (TPSA) is 66.5 Å². The zero-order valence-electron chi connectivity index (χ0n) is 19.7. The number of carbonyl (C=O) groups excluding carboxylic acids is 1. The van der Waals surface area contributed by atoms with E-state index in [2.05, 4.69) is 5.32 Å². The maximum atomic E-state index is 13.6. The van der Waals surface area contributed by atoms with Gasteiger partial charge in [-0.2, -0.15) is 4.31 Å². The summed E-state index contributed by atoms with van der Waals surface area (Å²) in [6.07, 6.45) is 0.423. The number of halogens is 2. The fourth-order valence-corrected chi connectivity index (χ4v) is 6.68. The second-order valence-electron chi connectivity index (χ2n) is 8.11. The van der Waals surface area contributed by atoms with Crippen molar-refractivity contribution in [2.45, 2.75) is 21.1 Å². The van der Waals surface area contributed by atoms with Gasteiger partial charge in [0, 0.05) is 21.4 Å². The van der Waals surface area contributed by atoms with Gasteiger partial charge in [0.15, 0.2) is 0 Å². The van der Waals surface area contributed by atoms with E-state index in [-0.39, 0.29) is 28.0 Å². The fourth-order valence-electron chi connectivity index (χ4n) is 3.62. The van der Waals surface area contributed by atoms with Crippen LogP contribution in [0.4, 0.5) is 5.69 Å². The third kappa shape index (κ3) is 7.37. The molecular weight excluding hydrogens is 547 g/mol. The van der Waals surface area contributed by atoms with Crippen molar-refractivity contribution in [2.75, 3.05) is 18.4 Å². The number of sulfonamides is 1. The Morgan fingerprint density at radius 1 is 0.838 bits per heavy atom. The van der Waals surface area contributed by atoms with E-state index in [1.807, 2.05) is 78.9 Å². The van der Waals surface area contributed by atoms with Gasteiger partial charge in [0.05, 0.1) is 17.3 Å². The lowest BCUT2D eigenvalue weighted by Gasteiger charge is -2.23. The molecule has 0 spiro atoms. The van der Waals surface area contributed by atoms with Crippen LogP contribution >= 0.6 is 35.0 Å². The van der Waals surface area contributed by atoms with Crippen molar-refractivity contribution in [2.24, 2.45) is 0 Å². The molecule has 4 rings (SSSR count). The lowest BCUT2D eigenvalue weighted by atomic mass is 10.1. The summed E-state index contributed by atoms with van der Waals surface area (Å²) in [5.74, 6) is -0.462. The van der Waals surface area contributed by atoms with Crippen LogP contribution in [0.1, 0.15) is 5.56 Å². The van der Waals surface area contributed by atoms with Crippen molar-refractivity contribution in [1.82, 2.24) is 4.31 Å². The Bertz CT molecular complexity index is 1470. The van der Waals surface area contributed by atoms with Crippen LogP contribution in [0.2, 0.25) is 10.0 Å². The monoisotopic (exact) mass is 570 g/mol. The maximum absolute atomic E-state index is 13.6. The molecule has 0 fully saturated rings. The van der Waals surface area contributed by atoms with Crippen LogP contribution in [0.15, 0.2) is 118 Å².